The fourth-order valence-electron chi connectivity index (χ4n) is 1.04. The van der Waals surface area contributed by atoms with Gasteiger partial charge in [0.05, 0.1) is 0 Å². The van der Waals surface area contributed by atoms with Crippen molar-refractivity contribution in [2.45, 2.75) is 60.8 Å². The highest BCUT2D eigenvalue weighted by Crippen LogP contribution is 1.88. The molecule has 0 spiro atoms. The first-order valence-electron chi connectivity index (χ1n) is 4.69. The Morgan fingerprint density at radius 1 is 0.750 bits per heavy atom. The minimum absolute atomic E-state index is 0. The van der Waals surface area contributed by atoms with Gasteiger partial charge in [-0.15, -0.1) is 4.67 Å². The number of nitrogens with zero attached hydrogens (tertiary/aromatic N) is 1. The van der Waals surface area contributed by atoms with Crippen molar-refractivity contribution in [2.75, 3.05) is 0 Å². The van der Waals surface area contributed by atoms with E-state index < -0.39 is 0 Å². The summed E-state index contributed by atoms with van der Waals surface area (Å²) in [6, 6.07) is 0. The van der Waals surface area contributed by atoms with Crippen molar-refractivity contribution in [3.8, 4) is 0 Å². The van der Waals surface area contributed by atoms with E-state index in [0.717, 1.165) is 25.7 Å². The van der Waals surface area contributed by atoms with Gasteiger partial charge >= 0.3 is 0 Å². The van der Waals surface area contributed by atoms with Gasteiger partial charge in [-0.05, 0) is 0 Å². The van der Waals surface area contributed by atoms with Crippen LogP contribution in [0.1, 0.15) is 60.8 Å². The van der Waals surface area contributed by atoms with E-state index in [2.05, 4.69) is 32.4 Å². The van der Waals surface area contributed by atoms with E-state index in [1.54, 1.807) is 0 Å². The van der Waals surface area contributed by atoms with Crippen LogP contribution in [0.15, 0.2) is 0 Å². The standard InChI is InChI=1S/C10H20N.CH4/c1-5-9(6-2)11-10(7-3)8-4;/h5-8H2,1-4H3;1H4/q+1;. The van der Waals surface area contributed by atoms with Crippen LogP contribution in [0.25, 0.3) is 0 Å². The predicted molar refractivity (Wildman–Crippen MR) is 60.0 cm³/mol. The Balaban J connectivity index is 0. The molecule has 0 saturated heterocycles. The van der Waals surface area contributed by atoms with E-state index in [-0.39, 0.29) is 7.43 Å². The van der Waals surface area contributed by atoms with Gasteiger partial charge in [0.15, 0.2) is 0 Å². The van der Waals surface area contributed by atoms with E-state index in [0.29, 0.717) is 0 Å². The second-order valence-electron chi connectivity index (χ2n) is 2.66. The first-order chi connectivity index (χ1) is 5.28. The maximum absolute atomic E-state index is 4.58. The Bertz CT molecular complexity index is 134. The monoisotopic (exact) mass is 170 g/mol. The molecule has 0 aromatic rings. The average molecular weight is 170 g/mol. The van der Waals surface area contributed by atoms with Gasteiger partial charge < -0.3 is 0 Å². The lowest BCUT2D eigenvalue weighted by Crippen LogP contribution is -2.06. The summed E-state index contributed by atoms with van der Waals surface area (Å²) >= 11 is 0. The van der Waals surface area contributed by atoms with Gasteiger partial charge in [-0.3, -0.25) is 0 Å². The Hall–Kier alpha value is -0.550. The highest BCUT2D eigenvalue weighted by Gasteiger charge is 2.06. The third-order valence-electron chi connectivity index (χ3n) is 1.95. The highest BCUT2D eigenvalue weighted by molar-refractivity contribution is 5.92. The molecule has 0 amide bonds. The molecule has 0 heterocycles. The average Bonchev–Trinajstić information content (AvgIpc) is 2.07. The first kappa shape index (κ1) is 14.0. The van der Waals surface area contributed by atoms with E-state index in [4.69, 9.17) is 0 Å². The van der Waals surface area contributed by atoms with Crippen LogP contribution in [0.2, 0.25) is 0 Å². The van der Waals surface area contributed by atoms with Crippen LogP contribution >= 0.6 is 0 Å². The molecule has 1 nitrogen and oxygen atoms in total. The summed E-state index contributed by atoms with van der Waals surface area (Å²) in [7, 11) is 0. The number of hydrogen-bond acceptors (Lipinski definition) is 0. The van der Waals surface area contributed by atoms with Crippen LogP contribution in [0.5, 0.6) is 0 Å². The maximum atomic E-state index is 4.58. The quantitative estimate of drug-likeness (QED) is 0.454. The number of rotatable bonds is 4. The summed E-state index contributed by atoms with van der Waals surface area (Å²) in [6.07, 6.45) is 4.39. The molecule has 1 heteroatoms. The normalized spacial score (nSPS) is 8.33. The molecule has 72 valence electrons. The summed E-state index contributed by atoms with van der Waals surface area (Å²) in [5.74, 6) is 0. The Kier molecular flexibility index (Phi) is 9.97. The molecule has 0 atom stereocenters. The molecule has 0 fully saturated rings. The molecule has 0 rings (SSSR count). The predicted octanol–water partition coefficient (Wildman–Crippen LogP) is 3.21. The van der Waals surface area contributed by atoms with Gasteiger partial charge in [-0.25, -0.2) is 0 Å². The Labute approximate surface area is 77.6 Å². The van der Waals surface area contributed by atoms with Gasteiger partial charge in [0, 0.05) is 25.7 Å². The summed E-state index contributed by atoms with van der Waals surface area (Å²) in [5, 5.41) is 0. The fourth-order valence-corrected chi connectivity index (χ4v) is 1.04. The molecule has 0 aliphatic carbocycles. The van der Waals surface area contributed by atoms with Gasteiger partial charge in [0.2, 0.25) is 0 Å². The molecule has 0 radical (unpaired) electrons. The van der Waals surface area contributed by atoms with Gasteiger partial charge in [0.25, 0.3) is 11.4 Å². The summed E-state index contributed by atoms with van der Waals surface area (Å²) in [6.45, 7) is 8.69. The molecule has 0 saturated carbocycles. The van der Waals surface area contributed by atoms with Gasteiger partial charge in [-0.1, -0.05) is 35.1 Å². The van der Waals surface area contributed by atoms with Crippen molar-refractivity contribution in [3.63, 3.8) is 0 Å². The van der Waals surface area contributed by atoms with Crippen molar-refractivity contribution in [2.24, 2.45) is 0 Å². The van der Waals surface area contributed by atoms with Crippen LogP contribution in [0.3, 0.4) is 0 Å². The molecular weight excluding hydrogens is 146 g/mol. The van der Waals surface area contributed by atoms with Crippen molar-refractivity contribution in [1.82, 2.24) is 4.67 Å². The molecule has 0 aliphatic rings. The summed E-state index contributed by atoms with van der Waals surface area (Å²) < 4.78 is 4.58. The van der Waals surface area contributed by atoms with Gasteiger partial charge in [-0.2, -0.15) is 0 Å². The highest BCUT2D eigenvalue weighted by atomic mass is 14.6. The smallest absolute Gasteiger partial charge is 0.104 e. The topological polar surface area (TPSA) is 14.1 Å². The SMILES string of the molecule is C.CCC(CC)=[N+]=C(CC)CC. The van der Waals surface area contributed by atoms with E-state index in [1.165, 1.54) is 11.4 Å². The fraction of sp³-hybridized carbons (Fsp3) is 0.818. The molecule has 0 N–H and O–H groups in total. The molecule has 0 unspecified atom stereocenters. The van der Waals surface area contributed by atoms with Crippen molar-refractivity contribution in [1.29, 1.82) is 0 Å². The second-order valence-corrected chi connectivity index (χ2v) is 2.66. The lowest BCUT2D eigenvalue weighted by atomic mass is 10.2. The summed E-state index contributed by atoms with van der Waals surface area (Å²) in [5.41, 5.74) is 2.67. The van der Waals surface area contributed by atoms with E-state index >= 15 is 0 Å². The second kappa shape index (κ2) is 8.55. The largest absolute Gasteiger partial charge is 0.280 e. The van der Waals surface area contributed by atoms with Crippen molar-refractivity contribution < 1.29 is 0 Å². The Morgan fingerprint density at radius 2 is 1.00 bits per heavy atom. The number of hydrogen-bond donors (Lipinski definition) is 0. The third kappa shape index (κ3) is 5.15. The maximum Gasteiger partial charge on any atom is 0.280 e. The van der Waals surface area contributed by atoms with Crippen molar-refractivity contribution >= 4 is 11.4 Å². The van der Waals surface area contributed by atoms with Crippen LogP contribution in [0, 0.1) is 0 Å². The third-order valence-corrected chi connectivity index (χ3v) is 1.95. The van der Waals surface area contributed by atoms with Crippen molar-refractivity contribution in [3.05, 3.63) is 0 Å². The zero-order valence-corrected chi connectivity index (χ0v) is 8.28. The molecular formula is C11H24N+. The zero-order valence-electron chi connectivity index (χ0n) is 8.28. The zero-order chi connectivity index (χ0) is 8.69. The Morgan fingerprint density at radius 3 is 1.17 bits per heavy atom. The lowest BCUT2D eigenvalue weighted by molar-refractivity contribution is 1.11. The van der Waals surface area contributed by atoms with E-state index in [9.17, 15) is 0 Å². The van der Waals surface area contributed by atoms with Crippen LogP contribution < -0.4 is 4.67 Å². The van der Waals surface area contributed by atoms with Crippen LogP contribution in [-0.4, -0.2) is 11.4 Å². The lowest BCUT2D eigenvalue weighted by Gasteiger charge is -1.83. The molecule has 0 bridgehead atoms. The molecule has 0 aromatic heterocycles. The van der Waals surface area contributed by atoms with E-state index in [1.807, 2.05) is 0 Å². The minimum Gasteiger partial charge on any atom is -0.104 e. The molecule has 0 aromatic carbocycles. The first-order valence-corrected chi connectivity index (χ1v) is 4.69. The molecule has 0 aliphatic heterocycles. The minimum atomic E-state index is 0. The summed E-state index contributed by atoms with van der Waals surface area (Å²) in [4.78, 5) is 0. The van der Waals surface area contributed by atoms with Crippen LogP contribution in [0.4, 0.5) is 0 Å². The van der Waals surface area contributed by atoms with Gasteiger partial charge in [0.1, 0.15) is 0 Å². The molecule has 12 heavy (non-hydrogen) atoms. The van der Waals surface area contributed by atoms with Crippen LogP contribution in [-0.2, 0) is 0 Å².